The Balaban J connectivity index is 2.03. The Morgan fingerprint density at radius 2 is 2.21 bits per heavy atom. The van der Waals surface area contributed by atoms with Crippen molar-refractivity contribution in [3.63, 3.8) is 0 Å². The highest BCUT2D eigenvalue weighted by molar-refractivity contribution is 9.11. The first kappa shape index (κ1) is 18.7. The minimum absolute atomic E-state index is 0.130. The van der Waals surface area contributed by atoms with E-state index in [-0.39, 0.29) is 18.4 Å². The molecule has 0 aliphatic rings. The van der Waals surface area contributed by atoms with E-state index in [1.807, 2.05) is 13.0 Å². The van der Waals surface area contributed by atoms with Crippen LogP contribution in [0.3, 0.4) is 0 Å². The first-order chi connectivity index (χ1) is 11.4. The molecule has 1 aromatic heterocycles. The second-order valence-electron chi connectivity index (χ2n) is 5.47. The number of furan rings is 1. The third-order valence-electron chi connectivity index (χ3n) is 3.33. The molecular formula is C17H18Br2N2O3. The van der Waals surface area contributed by atoms with Crippen LogP contribution < -0.4 is 10.2 Å². The van der Waals surface area contributed by atoms with Crippen LogP contribution >= 0.6 is 31.9 Å². The fraction of sp³-hybridized carbons (Fsp3) is 0.294. The second kappa shape index (κ2) is 8.48. The molecule has 5 nitrogen and oxygen atoms in total. The number of carbonyl (C=O) groups is 1. The molecule has 7 heteroatoms. The summed E-state index contributed by atoms with van der Waals surface area (Å²) in [6, 6.07) is 5.50. The first-order valence-electron chi connectivity index (χ1n) is 7.36. The third-order valence-corrected chi connectivity index (χ3v) is 5.10. The lowest BCUT2D eigenvalue weighted by Crippen LogP contribution is -2.25. The highest BCUT2D eigenvalue weighted by Crippen LogP contribution is 2.40. The van der Waals surface area contributed by atoms with Gasteiger partial charge in [-0.3, -0.25) is 4.79 Å². The molecule has 0 saturated heterocycles. The summed E-state index contributed by atoms with van der Waals surface area (Å²) < 4.78 is 12.7. The Morgan fingerprint density at radius 3 is 2.83 bits per heavy atom. The lowest BCUT2D eigenvalue weighted by Gasteiger charge is -2.18. The zero-order valence-electron chi connectivity index (χ0n) is 13.6. The molecule has 0 unspecified atom stereocenters. The maximum Gasteiger partial charge on any atom is 0.277 e. The number of carbonyl (C=O) groups excluding carboxylic acids is 1. The van der Waals surface area contributed by atoms with Crippen LogP contribution in [0, 0.1) is 6.92 Å². The van der Waals surface area contributed by atoms with E-state index in [1.54, 1.807) is 12.1 Å². The van der Waals surface area contributed by atoms with E-state index in [0.29, 0.717) is 11.5 Å². The lowest BCUT2D eigenvalue weighted by molar-refractivity contribution is -0.123. The molecule has 1 amide bonds. The van der Waals surface area contributed by atoms with Gasteiger partial charge in [0.1, 0.15) is 11.5 Å². The minimum atomic E-state index is -0.347. The summed E-state index contributed by atoms with van der Waals surface area (Å²) in [6.07, 6.45) is 2.96. The Morgan fingerprint density at radius 1 is 1.46 bits per heavy atom. The van der Waals surface area contributed by atoms with Gasteiger partial charge >= 0.3 is 0 Å². The molecule has 0 aliphatic heterocycles. The Hall–Kier alpha value is -1.60. The molecule has 0 bridgehead atoms. The van der Waals surface area contributed by atoms with Crippen LogP contribution in [0.4, 0.5) is 0 Å². The summed E-state index contributed by atoms with van der Waals surface area (Å²) >= 11 is 7.09. The number of benzene rings is 1. The maximum atomic E-state index is 11.9. The van der Waals surface area contributed by atoms with Crippen molar-refractivity contribution < 1.29 is 13.9 Å². The molecule has 2 rings (SSSR count). The molecular weight excluding hydrogens is 440 g/mol. The maximum absolute atomic E-state index is 11.9. The van der Waals surface area contributed by atoms with Crippen LogP contribution in [0.1, 0.15) is 36.7 Å². The van der Waals surface area contributed by atoms with Gasteiger partial charge in [-0.1, -0.05) is 29.8 Å². The van der Waals surface area contributed by atoms with Crippen molar-refractivity contribution in [2.24, 2.45) is 5.10 Å². The number of nitrogens with zero attached hydrogens (tertiary/aromatic N) is 1. The van der Waals surface area contributed by atoms with E-state index in [0.717, 1.165) is 20.1 Å². The zero-order chi connectivity index (χ0) is 17.7. The number of ether oxygens (including phenoxy) is 1. The molecule has 2 aromatic rings. The average Bonchev–Trinajstić information content (AvgIpc) is 3.04. The molecule has 1 heterocycles. The molecule has 0 atom stereocenters. The second-order valence-corrected chi connectivity index (χ2v) is 7.12. The highest BCUT2D eigenvalue weighted by atomic mass is 79.9. The zero-order valence-corrected chi connectivity index (χ0v) is 16.8. The number of hydrazone groups is 1. The Kier molecular flexibility index (Phi) is 6.62. The van der Waals surface area contributed by atoms with Gasteiger partial charge in [0.15, 0.2) is 6.61 Å². The van der Waals surface area contributed by atoms with Crippen LogP contribution in [0.5, 0.6) is 5.75 Å². The van der Waals surface area contributed by atoms with E-state index in [2.05, 4.69) is 56.2 Å². The molecule has 128 valence electrons. The van der Waals surface area contributed by atoms with Crippen molar-refractivity contribution >= 4 is 44.0 Å². The topological polar surface area (TPSA) is 63.8 Å². The van der Waals surface area contributed by atoms with Crippen molar-refractivity contribution in [3.05, 3.63) is 50.3 Å². The van der Waals surface area contributed by atoms with Crippen LogP contribution in [0.25, 0.3) is 0 Å². The van der Waals surface area contributed by atoms with E-state index in [1.165, 1.54) is 12.5 Å². The summed E-state index contributed by atoms with van der Waals surface area (Å²) in [7, 11) is 0. The van der Waals surface area contributed by atoms with Gasteiger partial charge in [0.05, 0.1) is 17.0 Å². The van der Waals surface area contributed by atoms with E-state index >= 15 is 0 Å². The Bertz CT molecular complexity index is 741. The van der Waals surface area contributed by atoms with Gasteiger partial charge < -0.3 is 9.15 Å². The summed E-state index contributed by atoms with van der Waals surface area (Å²) in [6.45, 7) is 5.99. The standard InChI is InChI=1S/C17H18Br2N2O3/c1-10(2)13-7-14(18)11(3)16(19)17(13)24-9-15(22)21-20-8-12-5-4-6-23-12/h4-8,10H,9H2,1-3H3,(H,21,22). The summed E-state index contributed by atoms with van der Waals surface area (Å²) in [5.74, 6) is 1.15. The van der Waals surface area contributed by atoms with E-state index < -0.39 is 0 Å². The molecule has 0 radical (unpaired) electrons. The smallest absolute Gasteiger partial charge is 0.277 e. The third kappa shape index (κ3) is 4.70. The minimum Gasteiger partial charge on any atom is -0.482 e. The van der Waals surface area contributed by atoms with Crippen LogP contribution in [0.15, 0.2) is 42.9 Å². The largest absolute Gasteiger partial charge is 0.482 e. The van der Waals surface area contributed by atoms with Gasteiger partial charge in [0.2, 0.25) is 0 Å². The van der Waals surface area contributed by atoms with Crippen LogP contribution in [-0.4, -0.2) is 18.7 Å². The molecule has 0 saturated carbocycles. The van der Waals surface area contributed by atoms with Gasteiger partial charge in [-0.15, -0.1) is 0 Å². The van der Waals surface area contributed by atoms with Crippen LogP contribution in [0.2, 0.25) is 0 Å². The number of amides is 1. The van der Waals surface area contributed by atoms with Crippen molar-refractivity contribution in [3.8, 4) is 5.75 Å². The van der Waals surface area contributed by atoms with Crippen molar-refractivity contribution in [1.82, 2.24) is 5.43 Å². The average molecular weight is 458 g/mol. The van der Waals surface area contributed by atoms with E-state index in [9.17, 15) is 4.79 Å². The number of hydrogen-bond donors (Lipinski definition) is 1. The lowest BCUT2D eigenvalue weighted by atomic mass is 10.0. The molecule has 1 N–H and O–H groups in total. The highest BCUT2D eigenvalue weighted by Gasteiger charge is 2.17. The molecule has 0 spiro atoms. The van der Waals surface area contributed by atoms with Gasteiger partial charge in [0.25, 0.3) is 5.91 Å². The Labute approximate surface area is 157 Å². The summed E-state index contributed by atoms with van der Waals surface area (Å²) in [4.78, 5) is 11.9. The van der Waals surface area contributed by atoms with E-state index in [4.69, 9.17) is 9.15 Å². The molecule has 0 aliphatic carbocycles. The normalized spacial score (nSPS) is 11.2. The van der Waals surface area contributed by atoms with Crippen molar-refractivity contribution in [2.45, 2.75) is 26.7 Å². The quantitative estimate of drug-likeness (QED) is 0.502. The van der Waals surface area contributed by atoms with Crippen LogP contribution in [-0.2, 0) is 4.79 Å². The summed E-state index contributed by atoms with van der Waals surface area (Å²) in [5, 5.41) is 3.82. The number of halogens is 2. The SMILES string of the molecule is Cc1c(Br)cc(C(C)C)c(OCC(=O)NN=Cc2ccco2)c1Br. The van der Waals surface area contributed by atoms with Gasteiger partial charge in [0, 0.05) is 4.47 Å². The fourth-order valence-electron chi connectivity index (χ4n) is 1.99. The predicted octanol–water partition coefficient (Wildman–Crippen LogP) is 4.77. The first-order valence-corrected chi connectivity index (χ1v) is 8.95. The molecule has 24 heavy (non-hydrogen) atoms. The van der Waals surface area contributed by atoms with Crippen molar-refractivity contribution in [2.75, 3.05) is 6.61 Å². The van der Waals surface area contributed by atoms with Crippen molar-refractivity contribution in [1.29, 1.82) is 0 Å². The van der Waals surface area contributed by atoms with Gasteiger partial charge in [-0.25, -0.2) is 5.43 Å². The van der Waals surface area contributed by atoms with Gasteiger partial charge in [-0.2, -0.15) is 5.10 Å². The number of nitrogens with one attached hydrogen (secondary N) is 1. The number of rotatable bonds is 6. The monoisotopic (exact) mass is 456 g/mol. The number of hydrogen-bond acceptors (Lipinski definition) is 4. The predicted molar refractivity (Wildman–Crippen MR) is 101 cm³/mol. The van der Waals surface area contributed by atoms with Gasteiger partial charge in [-0.05, 0) is 58.1 Å². The fourth-order valence-corrected chi connectivity index (χ4v) is 3.26. The molecule has 1 aromatic carbocycles. The molecule has 0 fully saturated rings. The summed E-state index contributed by atoms with van der Waals surface area (Å²) in [5.41, 5.74) is 4.45.